The van der Waals surface area contributed by atoms with Gasteiger partial charge < -0.3 is 5.32 Å². The summed E-state index contributed by atoms with van der Waals surface area (Å²) < 4.78 is 13.9. The molecule has 2 rings (SSSR count). The van der Waals surface area contributed by atoms with Crippen LogP contribution in [0.15, 0.2) is 48.8 Å². The van der Waals surface area contributed by atoms with Crippen LogP contribution in [0.4, 0.5) is 4.39 Å². The second-order valence-electron chi connectivity index (χ2n) is 5.29. The van der Waals surface area contributed by atoms with Crippen LogP contribution in [0.3, 0.4) is 0 Å². The van der Waals surface area contributed by atoms with Crippen molar-refractivity contribution in [2.45, 2.75) is 12.5 Å². The first-order valence-corrected chi connectivity index (χ1v) is 7.17. The van der Waals surface area contributed by atoms with E-state index < -0.39 is 6.04 Å². The zero-order valence-corrected chi connectivity index (χ0v) is 12.8. The molecular formula is C17H20FN3O. The maximum Gasteiger partial charge on any atom is 0.242 e. The van der Waals surface area contributed by atoms with Crippen molar-refractivity contribution in [2.75, 3.05) is 20.6 Å². The van der Waals surface area contributed by atoms with Crippen molar-refractivity contribution in [3.63, 3.8) is 0 Å². The van der Waals surface area contributed by atoms with Crippen LogP contribution in [0.5, 0.6) is 0 Å². The van der Waals surface area contributed by atoms with Crippen molar-refractivity contribution in [1.29, 1.82) is 0 Å². The van der Waals surface area contributed by atoms with Crippen molar-refractivity contribution in [3.05, 3.63) is 65.7 Å². The number of rotatable bonds is 6. The average Bonchev–Trinajstić information content (AvgIpc) is 2.50. The van der Waals surface area contributed by atoms with E-state index in [1.165, 1.54) is 6.07 Å². The largest absolute Gasteiger partial charge is 0.354 e. The molecule has 4 nitrogen and oxygen atoms in total. The summed E-state index contributed by atoms with van der Waals surface area (Å²) in [6, 6.07) is 9.53. The topological polar surface area (TPSA) is 45.2 Å². The van der Waals surface area contributed by atoms with Crippen LogP contribution in [0.2, 0.25) is 0 Å². The Labute approximate surface area is 130 Å². The van der Waals surface area contributed by atoms with Gasteiger partial charge in [-0.05, 0) is 38.2 Å². The molecule has 0 fully saturated rings. The lowest BCUT2D eigenvalue weighted by Crippen LogP contribution is -2.38. The molecule has 0 aliphatic heterocycles. The zero-order valence-electron chi connectivity index (χ0n) is 12.8. The fourth-order valence-corrected chi connectivity index (χ4v) is 2.32. The third-order valence-electron chi connectivity index (χ3n) is 3.40. The highest BCUT2D eigenvalue weighted by Crippen LogP contribution is 2.21. The summed E-state index contributed by atoms with van der Waals surface area (Å²) >= 11 is 0. The van der Waals surface area contributed by atoms with E-state index in [4.69, 9.17) is 0 Å². The lowest BCUT2D eigenvalue weighted by atomic mass is 10.0. The quantitative estimate of drug-likeness (QED) is 0.889. The van der Waals surface area contributed by atoms with Gasteiger partial charge in [-0.3, -0.25) is 14.7 Å². The molecule has 0 aliphatic rings. The Bertz CT molecular complexity index is 616. The second kappa shape index (κ2) is 7.66. The third-order valence-corrected chi connectivity index (χ3v) is 3.40. The Kier molecular flexibility index (Phi) is 5.61. The summed E-state index contributed by atoms with van der Waals surface area (Å²) in [4.78, 5) is 18.1. The van der Waals surface area contributed by atoms with Crippen LogP contribution in [-0.4, -0.2) is 36.4 Å². The standard InChI is InChI=1S/C17H20FN3O/c1-21(2)16(14-7-3-4-8-15(14)18)17(22)20-11-9-13-6-5-10-19-12-13/h3-8,10,12,16H,9,11H2,1-2H3,(H,20,22). The number of carbonyl (C=O) groups excluding carboxylic acids is 1. The molecule has 1 atom stereocenters. The number of benzene rings is 1. The molecule has 1 aromatic heterocycles. The van der Waals surface area contributed by atoms with Gasteiger partial charge in [0.15, 0.2) is 0 Å². The number of halogens is 1. The number of amides is 1. The van der Waals surface area contributed by atoms with Gasteiger partial charge in [0.2, 0.25) is 5.91 Å². The highest BCUT2D eigenvalue weighted by molar-refractivity contribution is 5.83. The fraction of sp³-hybridized carbons (Fsp3) is 0.294. The van der Waals surface area contributed by atoms with Crippen LogP contribution in [0, 0.1) is 5.82 Å². The molecule has 0 aliphatic carbocycles. The van der Waals surface area contributed by atoms with Crippen molar-refractivity contribution in [1.82, 2.24) is 15.2 Å². The van der Waals surface area contributed by atoms with Crippen molar-refractivity contribution >= 4 is 5.91 Å². The van der Waals surface area contributed by atoms with Crippen LogP contribution in [0.1, 0.15) is 17.2 Å². The molecule has 5 heteroatoms. The van der Waals surface area contributed by atoms with E-state index in [2.05, 4.69) is 10.3 Å². The Morgan fingerprint density at radius 1 is 1.27 bits per heavy atom. The SMILES string of the molecule is CN(C)C(C(=O)NCCc1cccnc1)c1ccccc1F. The Balaban J connectivity index is 2.00. The van der Waals surface area contributed by atoms with E-state index in [1.54, 1.807) is 49.6 Å². The molecule has 0 saturated heterocycles. The number of aromatic nitrogens is 1. The van der Waals surface area contributed by atoms with E-state index >= 15 is 0 Å². The molecule has 0 saturated carbocycles. The molecule has 0 radical (unpaired) electrons. The van der Waals surface area contributed by atoms with Gasteiger partial charge in [-0.2, -0.15) is 0 Å². The molecule has 0 spiro atoms. The summed E-state index contributed by atoms with van der Waals surface area (Å²) in [6.45, 7) is 0.489. The number of nitrogens with zero attached hydrogens (tertiary/aromatic N) is 2. The Morgan fingerprint density at radius 2 is 2.05 bits per heavy atom. The maximum atomic E-state index is 13.9. The van der Waals surface area contributed by atoms with Crippen LogP contribution < -0.4 is 5.32 Å². The summed E-state index contributed by atoms with van der Waals surface area (Å²) in [7, 11) is 3.52. The molecule has 1 aromatic carbocycles. The number of pyridine rings is 1. The van der Waals surface area contributed by atoms with Crippen molar-refractivity contribution in [2.24, 2.45) is 0 Å². The van der Waals surface area contributed by atoms with Gasteiger partial charge in [0.05, 0.1) is 0 Å². The number of hydrogen-bond acceptors (Lipinski definition) is 3. The number of hydrogen-bond donors (Lipinski definition) is 1. The molecular weight excluding hydrogens is 281 g/mol. The van der Waals surface area contributed by atoms with E-state index in [1.807, 2.05) is 12.1 Å². The normalized spacial score (nSPS) is 12.2. The number of nitrogens with one attached hydrogen (secondary N) is 1. The number of likely N-dealkylation sites (N-methyl/N-ethyl adjacent to an activating group) is 1. The van der Waals surface area contributed by atoms with Crippen LogP contribution in [-0.2, 0) is 11.2 Å². The first-order valence-electron chi connectivity index (χ1n) is 7.17. The van der Waals surface area contributed by atoms with E-state index in [9.17, 15) is 9.18 Å². The summed E-state index contributed by atoms with van der Waals surface area (Å²) in [5.41, 5.74) is 1.43. The first-order chi connectivity index (χ1) is 10.6. The minimum Gasteiger partial charge on any atom is -0.354 e. The highest BCUT2D eigenvalue weighted by atomic mass is 19.1. The van der Waals surface area contributed by atoms with E-state index in [0.717, 1.165) is 5.56 Å². The number of carbonyl (C=O) groups is 1. The highest BCUT2D eigenvalue weighted by Gasteiger charge is 2.25. The predicted octanol–water partition coefficient (Wildman–Crippen LogP) is 2.18. The van der Waals surface area contributed by atoms with Gasteiger partial charge in [-0.15, -0.1) is 0 Å². The maximum absolute atomic E-state index is 13.9. The molecule has 1 amide bonds. The lowest BCUT2D eigenvalue weighted by molar-refractivity contribution is -0.125. The Hall–Kier alpha value is -2.27. The smallest absolute Gasteiger partial charge is 0.242 e. The summed E-state index contributed by atoms with van der Waals surface area (Å²) in [6.07, 6.45) is 4.17. The molecule has 116 valence electrons. The third kappa shape index (κ3) is 4.11. The van der Waals surface area contributed by atoms with Gasteiger partial charge in [0.25, 0.3) is 0 Å². The van der Waals surface area contributed by atoms with Crippen molar-refractivity contribution < 1.29 is 9.18 Å². The molecule has 2 aromatic rings. The minimum absolute atomic E-state index is 0.209. The molecule has 1 heterocycles. The minimum atomic E-state index is -0.643. The summed E-state index contributed by atoms with van der Waals surface area (Å²) in [5, 5.41) is 2.86. The lowest BCUT2D eigenvalue weighted by Gasteiger charge is -2.24. The van der Waals surface area contributed by atoms with Gasteiger partial charge in [0.1, 0.15) is 11.9 Å². The van der Waals surface area contributed by atoms with E-state index in [0.29, 0.717) is 18.5 Å². The first kappa shape index (κ1) is 16.1. The van der Waals surface area contributed by atoms with Crippen molar-refractivity contribution in [3.8, 4) is 0 Å². The van der Waals surface area contributed by atoms with Gasteiger partial charge in [-0.25, -0.2) is 4.39 Å². The predicted molar refractivity (Wildman–Crippen MR) is 83.8 cm³/mol. The van der Waals surface area contributed by atoms with Gasteiger partial charge >= 0.3 is 0 Å². The monoisotopic (exact) mass is 301 g/mol. The average molecular weight is 301 g/mol. The molecule has 22 heavy (non-hydrogen) atoms. The molecule has 1 unspecified atom stereocenters. The second-order valence-corrected chi connectivity index (χ2v) is 5.29. The van der Waals surface area contributed by atoms with Crippen LogP contribution >= 0.6 is 0 Å². The Morgan fingerprint density at radius 3 is 2.68 bits per heavy atom. The zero-order chi connectivity index (χ0) is 15.9. The van der Waals surface area contributed by atoms with Gasteiger partial charge in [0, 0.05) is 24.5 Å². The summed E-state index contributed by atoms with van der Waals surface area (Å²) in [5.74, 6) is -0.581. The fourth-order valence-electron chi connectivity index (χ4n) is 2.32. The molecule has 0 bridgehead atoms. The van der Waals surface area contributed by atoms with Gasteiger partial charge in [-0.1, -0.05) is 24.3 Å². The van der Waals surface area contributed by atoms with E-state index in [-0.39, 0.29) is 11.7 Å². The van der Waals surface area contributed by atoms with Crippen LogP contribution in [0.25, 0.3) is 0 Å². The molecule has 1 N–H and O–H groups in total.